The minimum atomic E-state index is 0.753. The average Bonchev–Trinajstić information content (AvgIpc) is 3.73. The molecule has 10 aromatic carbocycles. The molecule has 1 aliphatic heterocycles. The van der Waals surface area contributed by atoms with Crippen molar-refractivity contribution in [3.63, 3.8) is 0 Å². The van der Waals surface area contributed by atoms with Gasteiger partial charge in [-0.15, -0.1) is 0 Å². The smallest absolute Gasteiger partial charge is 0.160 e. The van der Waals surface area contributed by atoms with Crippen LogP contribution in [-0.4, -0.2) is 5.71 Å². The van der Waals surface area contributed by atoms with Crippen LogP contribution in [0.15, 0.2) is 239 Å². The minimum Gasteiger partial charge on any atom is -0.454 e. The van der Waals surface area contributed by atoms with Crippen LogP contribution < -0.4 is 4.90 Å². The lowest BCUT2D eigenvalue weighted by molar-refractivity contribution is 0.669. The van der Waals surface area contributed by atoms with E-state index in [0.29, 0.717) is 0 Å². The molecule has 65 heavy (non-hydrogen) atoms. The predicted molar refractivity (Wildman–Crippen MR) is 276 cm³/mol. The van der Waals surface area contributed by atoms with E-state index in [1.54, 1.807) is 0 Å². The van der Waals surface area contributed by atoms with E-state index in [1.807, 2.05) is 0 Å². The zero-order valence-corrected chi connectivity index (χ0v) is 36.1. The van der Waals surface area contributed by atoms with Crippen LogP contribution in [-0.2, 0) is 0 Å². The normalized spacial score (nSPS) is 15.2. The van der Waals surface area contributed by atoms with E-state index >= 15 is 0 Å². The molecule has 0 amide bonds. The topological polar surface area (TPSA) is 28.7 Å². The van der Waals surface area contributed by atoms with E-state index in [4.69, 9.17) is 9.41 Å². The summed E-state index contributed by atoms with van der Waals surface area (Å²) in [6.07, 6.45) is 3.83. The Hall–Kier alpha value is -8.27. The van der Waals surface area contributed by atoms with E-state index in [9.17, 15) is 0 Å². The standard InChI is InChI=1S/C62H44N2O/c1-41-36-59(46-18-6-3-7-19-46)63-58(35-34-54(41)50-25-24-43-16-8-10-20-47(43)37-50)51-29-33-56-57-39-49-22-12-13-23-55(49)61(62(57)65-60(56)40-51)64(53-32-28-44-17-9-11-21-48(44)38-53)52-30-26-45(27-31-52)42-14-4-2-5-15-42/h2-33,35,37-40H,34,36H2,1H3/b54-41+,58-35-,63-59?. The summed E-state index contributed by atoms with van der Waals surface area (Å²) >= 11 is 0. The molecule has 308 valence electrons. The number of aliphatic imine (C=N–C) groups is 1. The summed E-state index contributed by atoms with van der Waals surface area (Å²) in [6, 6.07) is 78.5. The van der Waals surface area contributed by atoms with E-state index in [-0.39, 0.29) is 0 Å². The molecule has 3 nitrogen and oxygen atoms in total. The highest BCUT2D eigenvalue weighted by Gasteiger charge is 2.24. The van der Waals surface area contributed by atoms with Crippen LogP contribution in [0.5, 0.6) is 0 Å². The van der Waals surface area contributed by atoms with Gasteiger partial charge >= 0.3 is 0 Å². The van der Waals surface area contributed by atoms with Crippen molar-refractivity contribution in [2.45, 2.75) is 19.8 Å². The summed E-state index contributed by atoms with van der Waals surface area (Å²) < 4.78 is 7.22. The maximum Gasteiger partial charge on any atom is 0.160 e. The molecule has 0 saturated heterocycles. The van der Waals surface area contributed by atoms with Crippen molar-refractivity contribution in [1.29, 1.82) is 0 Å². The molecule has 0 N–H and O–H groups in total. The molecule has 0 saturated carbocycles. The van der Waals surface area contributed by atoms with Crippen LogP contribution in [0, 0.1) is 0 Å². The first-order valence-corrected chi connectivity index (χ1v) is 22.5. The number of hydrogen-bond acceptors (Lipinski definition) is 3. The lowest BCUT2D eigenvalue weighted by atomic mass is 9.90. The van der Waals surface area contributed by atoms with Crippen molar-refractivity contribution in [3.05, 3.63) is 247 Å². The van der Waals surface area contributed by atoms with Crippen molar-refractivity contribution in [2.24, 2.45) is 4.99 Å². The van der Waals surface area contributed by atoms with Gasteiger partial charge in [0.15, 0.2) is 5.58 Å². The fraction of sp³-hybridized carbons (Fsp3) is 0.0484. The summed E-state index contributed by atoms with van der Waals surface area (Å²) in [6.45, 7) is 2.27. The quantitative estimate of drug-likeness (QED) is 0.160. The third kappa shape index (κ3) is 7.08. The lowest BCUT2D eigenvalue weighted by Crippen LogP contribution is -2.11. The van der Waals surface area contributed by atoms with Crippen molar-refractivity contribution in [2.75, 3.05) is 4.90 Å². The molecule has 0 aliphatic carbocycles. The van der Waals surface area contributed by atoms with Crippen LogP contribution in [0.3, 0.4) is 0 Å². The number of benzene rings is 10. The monoisotopic (exact) mass is 832 g/mol. The maximum atomic E-state index is 7.22. The number of fused-ring (bicyclic) bond motifs is 6. The molecule has 1 aliphatic rings. The first kappa shape index (κ1) is 38.4. The zero-order chi connectivity index (χ0) is 43.3. The van der Waals surface area contributed by atoms with Crippen molar-refractivity contribution in [1.82, 2.24) is 0 Å². The summed E-state index contributed by atoms with van der Waals surface area (Å²) in [7, 11) is 0. The van der Waals surface area contributed by atoms with Crippen molar-refractivity contribution >= 4 is 88.3 Å². The van der Waals surface area contributed by atoms with Gasteiger partial charge in [-0.1, -0.05) is 182 Å². The van der Waals surface area contributed by atoms with Gasteiger partial charge in [-0.2, -0.15) is 0 Å². The van der Waals surface area contributed by atoms with E-state index in [2.05, 4.69) is 236 Å². The molecule has 3 heteroatoms. The van der Waals surface area contributed by atoms with Gasteiger partial charge in [0.05, 0.1) is 17.1 Å². The van der Waals surface area contributed by atoms with E-state index in [1.165, 1.54) is 49.4 Å². The van der Waals surface area contributed by atoms with Crippen LogP contribution in [0.4, 0.5) is 17.1 Å². The van der Waals surface area contributed by atoms with Gasteiger partial charge in [0.1, 0.15) is 5.58 Å². The second-order valence-corrected chi connectivity index (χ2v) is 17.1. The Morgan fingerprint density at radius 3 is 1.77 bits per heavy atom. The Morgan fingerprint density at radius 2 is 1.02 bits per heavy atom. The summed E-state index contributed by atoms with van der Waals surface area (Å²) in [5.41, 5.74) is 15.2. The number of allylic oxidation sites excluding steroid dienone is 3. The molecule has 1 aromatic heterocycles. The van der Waals surface area contributed by atoms with Gasteiger partial charge in [-0.3, -0.25) is 4.99 Å². The molecule has 0 fully saturated rings. The molecule has 11 aromatic rings. The highest BCUT2D eigenvalue weighted by atomic mass is 16.3. The SMILES string of the molecule is C/C1=C(\c2ccc3ccccc3c2)C/C=C(/c2ccc3c(c2)oc2c(N(c4ccc(-c5ccccc5)cc4)c4ccc5ccccc5c4)c4ccccc4cc23)N=C(c2ccccc2)C1. The Balaban J connectivity index is 1.04. The van der Waals surface area contributed by atoms with Gasteiger partial charge < -0.3 is 9.32 Å². The summed E-state index contributed by atoms with van der Waals surface area (Å²) in [4.78, 5) is 7.86. The Labute approximate surface area is 378 Å². The maximum absolute atomic E-state index is 7.22. The highest BCUT2D eigenvalue weighted by molar-refractivity contribution is 6.20. The largest absolute Gasteiger partial charge is 0.454 e. The van der Waals surface area contributed by atoms with Gasteiger partial charge in [-0.05, 0) is 117 Å². The number of anilines is 3. The number of nitrogens with zero attached hydrogens (tertiary/aromatic N) is 2. The van der Waals surface area contributed by atoms with Gasteiger partial charge in [-0.25, -0.2) is 0 Å². The van der Waals surface area contributed by atoms with Gasteiger partial charge in [0, 0.05) is 39.5 Å². The highest BCUT2D eigenvalue weighted by Crippen LogP contribution is 2.47. The molecular formula is C62H44N2O. The Kier molecular flexibility index (Phi) is 9.53. The third-order valence-electron chi connectivity index (χ3n) is 13.1. The summed E-state index contributed by atoms with van der Waals surface area (Å²) in [5, 5.41) is 9.28. The second-order valence-electron chi connectivity index (χ2n) is 17.1. The molecule has 0 atom stereocenters. The molecular weight excluding hydrogens is 789 g/mol. The van der Waals surface area contributed by atoms with E-state index in [0.717, 1.165) is 85.2 Å². The van der Waals surface area contributed by atoms with Crippen LogP contribution in [0.2, 0.25) is 0 Å². The molecule has 0 spiro atoms. The third-order valence-corrected chi connectivity index (χ3v) is 13.1. The Bertz CT molecular complexity index is 3710. The minimum absolute atomic E-state index is 0.753. The first-order chi connectivity index (χ1) is 32.1. The Morgan fingerprint density at radius 1 is 0.431 bits per heavy atom. The molecule has 0 bridgehead atoms. The fourth-order valence-electron chi connectivity index (χ4n) is 9.77. The van der Waals surface area contributed by atoms with Crippen LogP contribution in [0.1, 0.15) is 36.5 Å². The van der Waals surface area contributed by atoms with Crippen LogP contribution >= 0.6 is 0 Å². The van der Waals surface area contributed by atoms with E-state index < -0.39 is 0 Å². The van der Waals surface area contributed by atoms with Gasteiger partial charge in [0.2, 0.25) is 0 Å². The first-order valence-electron chi connectivity index (χ1n) is 22.5. The molecule has 2 heterocycles. The van der Waals surface area contributed by atoms with Crippen molar-refractivity contribution in [3.8, 4) is 11.1 Å². The van der Waals surface area contributed by atoms with Crippen LogP contribution in [0.25, 0.3) is 76.7 Å². The number of rotatable bonds is 7. The molecule has 0 radical (unpaired) electrons. The second kappa shape index (κ2) is 16.1. The van der Waals surface area contributed by atoms with Crippen molar-refractivity contribution < 1.29 is 4.42 Å². The fourth-order valence-corrected chi connectivity index (χ4v) is 9.77. The molecule has 0 unspecified atom stereocenters. The zero-order valence-electron chi connectivity index (χ0n) is 36.1. The lowest BCUT2D eigenvalue weighted by Gasteiger charge is -2.27. The molecule has 12 rings (SSSR count). The number of hydrogen-bond donors (Lipinski definition) is 0. The number of furan rings is 1. The van der Waals surface area contributed by atoms with Gasteiger partial charge in [0.25, 0.3) is 0 Å². The predicted octanol–water partition coefficient (Wildman–Crippen LogP) is 17.3. The average molecular weight is 833 g/mol. The summed E-state index contributed by atoms with van der Waals surface area (Å²) in [5.74, 6) is 0.